The van der Waals surface area contributed by atoms with Crippen molar-refractivity contribution in [2.45, 2.75) is 6.92 Å². The van der Waals surface area contributed by atoms with Gasteiger partial charge in [-0.2, -0.15) is 0 Å². The first kappa shape index (κ1) is 13.1. The van der Waals surface area contributed by atoms with Gasteiger partial charge in [0.15, 0.2) is 0 Å². The Hall–Kier alpha value is -1.87. The average Bonchev–Trinajstić information content (AvgIpc) is 2.48. The van der Waals surface area contributed by atoms with Crippen molar-refractivity contribution in [1.82, 2.24) is 4.98 Å². The normalized spacial score (nSPS) is 10.8. The van der Waals surface area contributed by atoms with Crippen molar-refractivity contribution in [2.24, 2.45) is 0 Å². The fourth-order valence-corrected chi connectivity index (χ4v) is 2.89. The van der Waals surface area contributed by atoms with E-state index in [4.69, 9.17) is 4.98 Å². The van der Waals surface area contributed by atoms with Crippen LogP contribution in [0.3, 0.4) is 0 Å². The van der Waals surface area contributed by atoms with Crippen LogP contribution in [0.2, 0.25) is 0 Å². The number of hydrogen-bond acceptors (Lipinski definition) is 2. The summed E-state index contributed by atoms with van der Waals surface area (Å²) in [4.78, 5) is 4.83. The number of nitrogens with one attached hydrogen (secondary N) is 1. The lowest BCUT2D eigenvalue weighted by Gasteiger charge is -2.14. The minimum atomic E-state index is 1.00. The molecule has 3 heteroatoms. The number of pyridine rings is 1. The number of anilines is 1. The highest BCUT2D eigenvalue weighted by atomic mass is 79.9. The lowest BCUT2D eigenvalue weighted by molar-refractivity contribution is 1.31. The molecule has 20 heavy (non-hydrogen) atoms. The summed E-state index contributed by atoms with van der Waals surface area (Å²) in [5.74, 6) is 0. The standard InChI is InChI=1S/C17H15BrN2/c1-11-16(12-6-4-3-5-7-12)20-15-9-8-13(18)10-14(15)17(11)19-2/h3-10H,1-2H3,(H,19,20). The second-order valence-electron chi connectivity index (χ2n) is 4.74. The van der Waals surface area contributed by atoms with E-state index >= 15 is 0 Å². The molecule has 3 rings (SSSR count). The molecule has 1 aromatic heterocycles. The zero-order chi connectivity index (χ0) is 14.1. The monoisotopic (exact) mass is 326 g/mol. The molecule has 2 aromatic carbocycles. The summed E-state index contributed by atoms with van der Waals surface area (Å²) in [6.45, 7) is 2.11. The fraction of sp³-hybridized carbons (Fsp3) is 0.118. The third-order valence-electron chi connectivity index (χ3n) is 3.49. The van der Waals surface area contributed by atoms with Gasteiger partial charge in [-0.15, -0.1) is 0 Å². The molecule has 1 N–H and O–H groups in total. The van der Waals surface area contributed by atoms with Crippen LogP contribution < -0.4 is 5.32 Å². The van der Waals surface area contributed by atoms with Crippen LogP contribution >= 0.6 is 15.9 Å². The van der Waals surface area contributed by atoms with Crippen LogP contribution in [0.1, 0.15) is 5.56 Å². The second kappa shape index (κ2) is 5.25. The van der Waals surface area contributed by atoms with E-state index in [9.17, 15) is 0 Å². The maximum Gasteiger partial charge on any atom is 0.0759 e. The minimum absolute atomic E-state index is 1.00. The first-order chi connectivity index (χ1) is 9.70. The lowest BCUT2D eigenvalue weighted by Crippen LogP contribution is -1.99. The maximum atomic E-state index is 4.83. The molecule has 3 aromatic rings. The van der Waals surface area contributed by atoms with Crippen LogP contribution in [-0.2, 0) is 0 Å². The van der Waals surface area contributed by atoms with E-state index in [0.29, 0.717) is 0 Å². The zero-order valence-corrected chi connectivity index (χ0v) is 13.0. The molecule has 0 saturated heterocycles. The van der Waals surface area contributed by atoms with Gasteiger partial charge in [-0.25, -0.2) is 4.98 Å². The Balaban J connectivity index is 2.35. The molecule has 0 unspecified atom stereocenters. The molecule has 1 heterocycles. The highest BCUT2D eigenvalue weighted by Crippen LogP contribution is 2.34. The summed E-state index contributed by atoms with van der Waals surface area (Å²) in [6.07, 6.45) is 0. The molecular formula is C17H15BrN2. The molecule has 0 aliphatic heterocycles. The number of rotatable bonds is 2. The van der Waals surface area contributed by atoms with E-state index in [2.05, 4.69) is 46.4 Å². The summed E-state index contributed by atoms with van der Waals surface area (Å²) in [6, 6.07) is 16.5. The molecule has 0 saturated carbocycles. The third kappa shape index (κ3) is 2.18. The van der Waals surface area contributed by atoms with Crippen LogP contribution in [-0.4, -0.2) is 12.0 Å². The van der Waals surface area contributed by atoms with Gasteiger partial charge in [0.2, 0.25) is 0 Å². The van der Waals surface area contributed by atoms with Gasteiger partial charge < -0.3 is 5.32 Å². The van der Waals surface area contributed by atoms with E-state index in [1.54, 1.807) is 0 Å². The topological polar surface area (TPSA) is 24.9 Å². The van der Waals surface area contributed by atoms with Gasteiger partial charge in [-0.3, -0.25) is 0 Å². The van der Waals surface area contributed by atoms with Crippen molar-refractivity contribution in [1.29, 1.82) is 0 Å². The molecule has 0 fully saturated rings. The lowest BCUT2D eigenvalue weighted by atomic mass is 10.0. The van der Waals surface area contributed by atoms with Crippen molar-refractivity contribution < 1.29 is 0 Å². The predicted molar refractivity (Wildman–Crippen MR) is 89.2 cm³/mol. The van der Waals surface area contributed by atoms with Crippen LogP contribution in [0.5, 0.6) is 0 Å². The van der Waals surface area contributed by atoms with Gasteiger partial charge in [0.05, 0.1) is 11.2 Å². The van der Waals surface area contributed by atoms with E-state index in [0.717, 1.165) is 32.3 Å². The van der Waals surface area contributed by atoms with Crippen molar-refractivity contribution in [2.75, 3.05) is 12.4 Å². The SMILES string of the molecule is CNc1c(C)c(-c2ccccc2)nc2ccc(Br)cc12. The number of benzene rings is 2. The van der Waals surface area contributed by atoms with Gasteiger partial charge in [0.1, 0.15) is 0 Å². The molecular weight excluding hydrogens is 312 g/mol. The summed E-state index contributed by atoms with van der Waals surface area (Å²) >= 11 is 3.53. The average molecular weight is 327 g/mol. The van der Waals surface area contributed by atoms with Crippen molar-refractivity contribution in [3.8, 4) is 11.3 Å². The molecule has 0 aliphatic rings. The molecule has 0 radical (unpaired) electrons. The molecule has 0 spiro atoms. The van der Waals surface area contributed by atoms with E-state index in [1.807, 2.05) is 37.4 Å². The third-order valence-corrected chi connectivity index (χ3v) is 3.98. The van der Waals surface area contributed by atoms with E-state index in [1.165, 1.54) is 5.56 Å². The summed E-state index contributed by atoms with van der Waals surface area (Å²) in [5, 5.41) is 4.45. The highest BCUT2D eigenvalue weighted by molar-refractivity contribution is 9.10. The number of aromatic nitrogens is 1. The van der Waals surface area contributed by atoms with Crippen molar-refractivity contribution >= 4 is 32.5 Å². The van der Waals surface area contributed by atoms with Crippen molar-refractivity contribution in [3.05, 3.63) is 58.6 Å². The zero-order valence-electron chi connectivity index (χ0n) is 11.4. The van der Waals surface area contributed by atoms with Crippen LogP contribution in [0.15, 0.2) is 53.0 Å². The molecule has 100 valence electrons. The van der Waals surface area contributed by atoms with Gasteiger partial charge in [0, 0.05) is 28.2 Å². The number of hydrogen-bond donors (Lipinski definition) is 1. The van der Waals surface area contributed by atoms with E-state index in [-0.39, 0.29) is 0 Å². The van der Waals surface area contributed by atoms with Gasteiger partial charge in [0.25, 0.3) is 0 Å². The Kier molecular flexibility index (Phi) is 3.45. The quantitative estimate of drug-likeness (QED) is 0.715. The largest absolute Gasteiger partial charge is 0.387 e. The van der Waals surface area contributed by atoms with Gasteiger partial charge in [-0.05, 0) is 30.7 Å². The number of nitrogens with zero attached hydrogens (tertiary/aromatic N) is 1. The maximum absolute atomic E-state index is 4.83. The Morgan fingerprint density at radius 1 is 1.05 bits per heavy atom. The summed E-state index contributed by atoms with van der Waals surface area (Å²) in [5.41, 5.74) is 5.48. The molecule has 0 aliphatic carbocycles. The minimum Gasteiger partial charge on any atom is -0.387 e. The predicted octanol–water partition coefficient (Wildman–Crippen LogP) is 5.01. The molecule has 0 bridgehead atoms. The van der Waals surface area contributed by atoms with E-state index < -0.39 is 0 Å². The molecule has 0 atom stereocenters. The second-order valence-corrected chi connectivity index (χ2v) is 5.65. The number of fused-ring (bicyclic) bond motifs is 1. The molecule has 0 amide bonds. The summed E-state index contributed by atoms with van der Waals surface area (Å²) < 4.78 is 1.06. The Morgan fingerprint density at radius 2 is 1.80 bits per heavy atom. The first-order valence-corrected chi connectivity index (χ1v) is 7.33. The first-order valence-electron chi connectivity index (χ1n) is 6.53. The van der Waals surface area contributed by atoms with Crippen molar-refractivity contribution in [3.63, 3.8) is 0 Å². The number of halogens is 1. The Morgan fingerprint density at radius 3 is 2.50 bits per heavy atom. The van der Waals surface area contributed by atoms with Crippen LogP contribution in [0, 0.1) is 6.92 Å². The molecule has 2 nitrogen and oxygen atoms in total. The summed E-state index contributed by atoms with van der Waals surface area (Å²) in [7, 11) is 1.96. The Bertz CT molecular complexity index is 767. The van der Waals surface area contributed by atoms with Crippen LogP contribution in [0.25, 0.3) is 22.2 Å². The Labute approximate surface area is 127 Å². The van der Waals surface area contributed by atoms with Gasteiger partial charge in [-0.1, -0.05) is 46.3 Å². The highest BCUT2D eigenvalue weighted by Gasteiger charge is 2.12. The van der Waals surface area contributed by atoms with Crippen LogP contribution in [0.4, 0.5) is 5.69 Å². The smallest absolute Gasteiger partial charge is 0.0759 e. The van der Waals surface area contributed by atoms with Gasteiger partial charge >= 0.3 is 0 Å². The fourth-order valence-electron chi connectivity index (χ4n) is 2.53.